The number of carbonyl (C=O) groups excluding carboxylic acids is 1. The zero-order valence-electron chi connectivity index (χ0n) is 8.55. The van der Waals surface area contributed by atoms with Crippen LogP contribution in [-0.2, 0) is 4.79 Å². The van der Waals surface area contributed by atoms with Crippen molar-refractivity contribution in [1.82, 2.24) is 0 Å². The van der Waals surface area contributed by atoms with Crippen molar-refractivity contribution in [3.63, 3.8) is 0 Å². The largest absolute Gasteiger partial charge is 0.295 e. The van der Waals surface area contributed by atoms with Gasteiger partial charge in [0.05, 0.1) is 0 Å². The zero-order valence-corrected chi connectivity index (χ0v) is 8.55. The first-order valence-corrected chi connectivity index (χ1v) is 4.55. The fraction of sp³-hybridized carbons (Fsp3) is 0.417. The summed E-state index contributed by atoms with van der Waals surface area (Å²) in [5.41, 5.74) is 0.908. The first-order valence-electron chi connectivity index (χ1n) is 4.55. The van der Waals surface area contributed by atoms with Gasteiger partial charge >= 0.3 is 0 Å². The third-order valence-electron chi connectivity index (χ3n) is 1.80. The highest BCUT2D eigenvalue weighted by atomic mass is 16.1. The summed E-state index contributed by atoms with van der Waals surface area (Å²) >= 11 is 0. The minimum Gasteiger partial charge on any atom is -0.295 e. The van der Waals surface area contributed by atoms with Crippen molar-refractivity contribution < 1.29 is 4.79 Å². The summed E-state index contributed by atoms with van der Waals surface area (Å²) in [6.45, 7) is 11.3. The Morgan fingerprint density at radius 2 is 2.08 bits per heavy atom. The molecule has 0 heterocycles. The van der Waals surface area contributed by atoms with E-state index in [1.54, 1.807) is 12.2 Å². The Hall–Kier alpha value is -1.11. The number of rotatable bonds is 6. The molecule has 0 unspecified atom stereocenters. The first-order chi connectivity index (χ1) is 6.06. The zero-order chi connectivity index (χ0) is 10.3. The van der Waals surface area contributed by atoms with Crippen LogP contribution in [0.15, 0.2) is 37.0 Å². The Morgan fingerprint density at radius 1 is 1.46 bits per heavy atom. The lowest BCUT2D eigenvalue weighted by molar-refractivity contribution is -0.114. The summed E-state index contributed by atoms with van der Waals surface area (Å²) < 4.78 is 0. The normalized spacial score (nSPS) is 12.8. The quantitative estimate of drug-likeness (QED) is 0.346. The molecule has 0 aliphatic carbocycles. The molecule has 0 aliphatic rings. The molecule has 1 nitrogen and oxygen atoms in total. The molecule has 0 aromatic heterocycles. The molecule has 0 rings (SSSR count). The first kappa shape index (κ1) is 11.9. The van der Waals surface area contributed by atoms with E-state index in [4.69, 9.17) is 0 Å². The van der Waals surface area contributed by atoms with E-state index in [0.717, 1.165) is 12.0 Å². The van der Waals surface area contributed by atoms with Crippen molar-refractivity contribution in [2.24, 2.45) is 5.92 Å². The smallest absolute Gasteiger partial charge is 0.155 e. The summed E-state index contributed by atoms with van der Waals surface area (Å²) in [5, 5.41) is 0. The van der Waals surface area contributed by atoms with Crippen LogP contribution in [0.3, 0.4) is 0 Å². The van der Waals surface area contributed by atoms with Gasteiger partial charge in [-0.25, -0.2) is 0 Å². The van der Waals surface area contributed by atoms with Gasteiger partial charge < -0.3 is 0 Å². The third kappa shape index (κ3) is 7.26. The summed E-state index contributed by atoms with van der Waals surface area (Å²) in [5.74, 6) is 0.582. The highest BCUT2D eigenvalue weighted by molar-refractivity contribution is 5.89. The molecular weight excluding hydrogens is 160 g/mol. The SMILES string of the molecule is C=C[C@@H](C)CCC(=O)/C=C/C(=C)C. The molecule has 72 valence electrons. The van der Waals surface area contributed by atoms with Gasteiger partial charge in [0.25, 0.3) is 0 Å². The Morgan fingerprint density at radius 3 is 2.54 bits per heavy atom. The number of allylic oxidation sites excluding steroid dienone is 4. The second kappa shape index (κ2) is 6.41. The fourth-order valence-electron chi connectivity index (χ4n) is 0.806. The lowest BCUT2D eigenvalue weighted by Crippen LogP contribution is -1.97. The molecule has 0 N–H and O–H groups in total. The second-order valence-electron chi connectivity index (χ2n) is 3.40. The molecule has 0 fully saturated rings. The number of hydrogen-bond acceptors (Lipinski definition) is 1. The summed E-state index contributed by atoms with van der Waals surface area (Å²) in [6.07, 6.45) is 6.69. The van der Waals surface area contributed by atoms with E-state index in [0.29, 0.717) is 12.3 Å². The maximum absolute atomic E-state index is 11.2. The lowest BCUT2D eigenvalue weighted by atomic mass is 10.0. The lowest BCUT2D eigenvalue weighted by Gasteiger charge is -2.01. The third-order valence-corrected chi connectivity index (χ3v) is 1.80. The van der Waals surface area contributed by atoms with Crippen LogP contribution in [0.2, 0.25) is 0 Å². The van der Waals surface area contributed by atoms with Gasteiger partial charge in [0.15, 0.2) is 5.78 Å². The Labute approximate surface area is 80.8 Å². The Balaban J connectivity index is 3.75. The topological polar surface area (TPSA) is 17.1 Å². The average Bonchev–Trinajstić information content (AvgIpc) is 2.10. The monoisotopic (exact) mass is 178 g/mol. The molecule has 1 atom stereocenters. The second-order valence-corrected chi connectivity index (χ2v) is 3.40. The van der Waals surface area contributed by atoms with Crippen LogP contribution in [0.1, 0.15) is 26.7 Å². The summed E-state index contributed by atoms with van der Waals surface area (Å²) in [4.78, 5) is 11.2. The average molecular weight is 178 g/mol. The predicted molar refractivity (Wildman–Crippen MR) is 57.6 cm³/mol. The van der Waals surface area contributed by atoms with Crippen LogP contribution in [0, 0.1) is 5.92 Å². The molecule has 1 heteroatoms. The number of carbonyl (C=O) groups is 1. The number of ketones is 1. The van der Waals surface area contributed by atoms with Crippen LogP contribution in [0.5, 0.6) is 0 Å². The molecule has 0 aromatic carbocycles. The van der Waals surface area contributed by atoms with Crippen molar-refractivity contribution in [2.75, 3.05) is 0 Å². The van der Waals surface area contributed by atoms with E-state index in [1.165, 1.54) is 0 Å². The molecule has 0 radical (unpaired) electrons. The summed E-state index contributed by atoms with van der Waals surface area (Å²) in [6, 6.07) is 0. The van der Waals surface area contributed by atoms with Gasteiger partial charge in [-0.05, 0) is 25.3 Å². The minimum absolute atomic E-state index is 0.164. The van der Waals surface area contributed by atoms with Crippen molar-refractivity contribution in [3.8, 4) is 0 Å². The van der Waals surface area contributed by atoms with E-state index in [9.17, 15) is 4.79 Å². The van der Waals surface area contributed by atoms with E-state index in [-0.39, 0.29) is 5.78 Å². The van der Waals surface area contributed by atoms with E-state index in [2.05, 4.69) is 20.1 Å². The van der Waals surface area contributed by atoms with Gasteiger partial charge in [0.1, 0.15) is 0 Å². The van der Waals surface area contributed by atoms with Gasteiger partial charge in [0, 0.05) is 6.42 Å². The van der Waals surface area contributed by atoms with Crippen molar-refractivity contribution in [1.29, 1.82) is 0 Å². The van der Waals surface area contributed by atoms with Gasteiger partial charge in [0.2, 0.25) is 0 Å². The van der Waals surface area contributed by atoms with Crippen LogP contribution in [-0.4, -0.2) is 5.78 Å². The highest BCUT2D eigenvalue weighted by Crippen LogP contribution is 2.06. The molecule has 13 heavy (non-hydrogen) atoms. The molecule has 0 aromatic rings. The molecular formula is C12H18O. The van der Waals surface area contributed by atoms with E-state index in [1.807, 2.05) is 13.0 Å². The Kier molecular flexibility index (Phi) is 5.86. The molecule has 0 bridgehead atoms. The van der Waals surface area contributed by atoms with E-state index >= 15 is 0 Å². The maximum Gasteiger partial charge on any atom is 0.155 e. The van der Waals surface area contributed by atoms with Crippen molar-refractivity contribution in [2.45, 2.75) is 26.7 Å². The number of hydrogen-bond donors (Lipinski definition) is 0. The van der Waals surface area contributed by atoms with E-state index < -0.39 is 0 Å². The minimum atomic E-state index is 0.164. The van der Waals surface area contributed by atoms with Crippen molar-refractivity contribution >= 4 is 5.78 Å². The van der Waals surface area contributed by atoms with Gasteiger partial charge in [-0.2, -0.15) is 0 Å². The maximum atomic E-state index is 11.2. The fourth-order valence-corrected chi connectivity index (χ4v) is 0.806. The standard InChI is InChI=1S/C12H18O/c1-5-11(4)7-9-12(13)8-6-10(2)3/h5-6,8,11H,1-2,7,9H2,3-4H3/b8-6+/t11-/m1/s1. The Bertz CT molecular complexity index is 223. The summed E-state index contributed by atoms with van der Waals surface area (Å²) in [7, 11) is 0. The van der Waals surface area contributed by atoms with Crippen molar-refractivity contribution in [3.05, 3.63) is 37.0 Å². The van der Waals surface area contributed by atoms with Crippen LogP contribution in [0.4, 0.5) is 0 Å². The van der Waals surface area contributed by atoms with Crippen LogP contribution in [0.25, 0.3) is 0 Å². The molecule has 0 spiro atoms. The van der Waals surface area contributed by atoms with Gasteiger partial charge in [-0.3, -0.25) is 4.79 Å². The van der Waals surface area contributed by atoms with Gasteiger partial charge in [-0.1, -0.05) is 31.2 Å². The molecule has 0 aliphatic heterocycles. The van der Waals surface area contributed by atoms with Crippen LogP contribution >= 0.6 is 0 Å². The van der Waals surface area contributed by atoms with Crippen LogP contribution < -0.4 is 0 Å². The highest BCUT2D eigenvalue weighted by Gasteiger charge is 2.00. The van der Waals surface area contributed by atoms with Gasteiger partial charge in [-0.15, -0.1) is 6.58 Å². The molecule has 0 saturated carbocycles. The molecule has 0 amide bonds. The molecule has 0 saturated heterocycles. The predicted octanol–water partition coefficient (Wildman–Crippen LogP) is 3.29.